The molecule has 2 aromatic heterocycles. The predicted molar refractivity (Wildman–Crippen MR) is 122 cm³/mol. The third kappa shape index (κ3) is 5.78. The van der Waals surface area contributed by atoms with Gasteiger partial charge in [0.15, 0.2) is 4.80 Å². The van der Waals surface area contributed by atoms with Crippen LogP contribution in [0.5, 0.6) is 0 Å². The molecule has 0 aliphatic carbocycles. The highest BCUT2D eigenvalue weighted by molar-refractivity contribution is 7.15. The first kappa shape index (κ1) is 24.6. The number of piperidine rings is 1. The summed E-state index contributed by atoms with van der Waals surface area (Å²) in [5.41, 5.74) is 2.60. The number of thiazole rings is 1. The van der Waals surface area contributed by atoms with Crippen LogP contribution in [0.4, 0.5) is 0 Å². The predicted octanol–water partition coefficient (Wildman–Crippen LogP) is 3.26. The van der Waals surface area contributed by atoms with Crippen molar-refractivity contribution in [1.82, 2.24) is 14.5 Å². The number of benzene rings is 1. The standard InChI is InChI=1S/C20H24N4S.2ClH.H2O/c1-23-18-8-5-12-21-19(18)25-20(23)22-17-10-14-24(15-11-17)13-9-16-6-3-2-4-7-16;;;/h2-8,12,17H,9-11,13-15H2,1H3;2*1H;1H2/b22-20+;;;. The summed E-state index contributed by atoms with van der Waals surface area (Å²) in [4.78, 5) is 14.2. The van der Waals surface area contributed by atoms with Gasteiger partial charge in [0, 0.05) is 32.9 Å². The zero-order valence-corrected chi connectivity index (χ0v) is 18.4. The molecule has 1 aliphatic rings. The van der Waals surface area contributed by atoms with Gasteiger partial charge in [-0.1, -0.05) is 41.7 Å². The molecule has 3 aromatic rings. The van der Waals surface area contributed by atoms with Gasteiger partial charge in [0.2, 0.25) is 0 Å². The molecule has 1 fully saturated rings. The molecule has 0 spiro atoms. The van der Waals surface area contributed by atoms with E-state index in [-0.39, 0.29) is 30.3 Å². The van der Waals surface area contributed by atoms with Gasteiger partial charge >= 0.3 is 0 Å². The minimum atomic E-state index is 0. The summed E-state index contributed by atoms with van der Waals surface area (Å²) in [5, 5.41) is 0. The molecule has 1 saturated heterocycles. The van der Waals surface area contributed by atoms with E-state index in [1.165, 1.54) is 11.1 Å². The zero-order chi connectivity index (χ0) is 17.1. The first-order valence-electron chi connectivity index (χ1n) is 9.00. The molecule has 0 unspecified atom stereocenters. The van der Waals surface area contributed by atoms with Crippen LogP contribution in [-0.4, -0.2) is 45.6 Å². The molecule has 0 amide bonds. The van der Waals surface area contributed by atoms with Crippen molar-refractivity contribution >= 4 is 46.5 Å². The van der Waals surface area contributed by atoms with Crippen LogP contribution in [0.15, 0.2) is 53.7 Å². The third-order valence-corrected chi connectivity index (χ3v) is 6.07. The van der Waals surface area contributed by atoms with Crippen molar-refractivity contribution in [3.63, 3.8) is 0 Å². The van der Waals surface area contributed by atoms with Crippen molar-refractivity contribution in [3.05, 3.63) is 59.0 Å². The van der Waals surface area contributed by atoms with E-state index in [2.05, 4.69) is 57.9 Å². The van der Waals surface area contributed by atoms with E-state index in [0.717, 1.165) is 48.5 Å². The van der Waals surface area contributed by atoms with Crippen molar-refractivity contribution < 1.29 is 5.48 Å². The highest BCUT2D eigenvalue weighted by Gasteiger charge is 2.18. The van der Waals surface area contributed by atoms with Crippen LogP contribution in [-0.2, 0) is 13.5 Å². The maximum absolute atomic E-state index is 5.02. The van der Waals surface area contributed by atoms with Crippen molar-refractivity contribution in [2.24, 2.45) is 12.0 Å². The van der Waals surface area contributed by atoms with Crippen LogP contribution >= 0.6 is 36.2 Å². The molecule has 8 heteroatoms. The van der Waals surface area contributed by atoms with E-state index < -0.39 is 0 Å². The molecular weight excluding hydrogens is 415 g/mol. The lowest BCUT2D eigenvalue weighted by Crippen LogP contribution is -2.37. The van der Waals surface area contributed by atoms with E-state index >= 15 is 0 Å². The average molecular weight is 443 g/mol. The fourth-order valence-electron chi connectivity index (χ4n) is 3.45. The summed E-state index contributed by atoms with van der Waals surface area (Å²) in [6.45, 7) is 3.44. The summed E-state index contributed by atoms with van der Waals surface area (Å²) >= 11 is 1.70. The fraction of sp³-hybridized carbons (Fsp3) is 0.400. The van der Waals surface area contributed by atoms with Crippen LogP contribution in [0, 0.1) is 0 Å². The Morgan fingerprint density at radius 1 is 1.07 bits per heavy atom. The minimum absolute atomic E-state index is 0. The molecule has 2 N–H and O–H groups in total. The van der Waals surface area contributed by atoms with E-state index in [1.54, 1.807) is 11.3 Å². The molecule has 0 atom stereocenters. The van der Waals surface area contributed by atoms with E-state index in [0.29, 0.717) is 6.04 Å². The number of hydrogen-bond donors (Lipinski definition) is 0. The van der Waals surface area contributed by atoms with Gasteiger partial charge in [-0.2, -0.15) is 0 Å². The molecule has 3 heterocycles. The third-order valence-electron chi connectivity index (χ3n) is 5.00. The largest absolute Gasteiger partial charge is 0.412 e. The Kier molecular flexibility index (Phi) is 10.1. The number of hydrogen-bond acceptors (Lipinski definition) is 4. The Bertz CT molecular complexity index is 905. The first-order chi connectivity index (χ1) is 12.3. The Labute approximate surface area is 182 Å². The smallest absolute Gasteiger partial charge is 0.187 e. The van der Waals surface area contributed by atoms with Crippen molar-refractivity contribution in [2.75, 3.05) is 19.6 Å². The van der Waals surface area contributed by atoms with Crippen LogP contribution in [0.3, 0.4) is 0 Å². The van der Waals surface area contributed by atoms with Crippen LogP contribution in [0.25, 0.3) is 10.3 Å². The van der Waals surface area contributed by atoms with Crippen molar-refractivity contribution in [3.8, 4) is 0 Å². The number of likely N-dealkylation sites (tertiary alicyclic amines) is 1. The maximum atomic E-state index is 5.02. The van der Waals surface area contributed by atoms with Crippen LogP contribution in [0.2, 0.25) is 0 Å². The zero-order valence-electron chi connectivity index (χ0n) is 16.0. The molecule has 0 radical (unpaired) electrons. The number of aromatic nitrogens is 2. The van der Waals surface area contributed by atoms with Gasteiger partial charge in [0.25, 0.3) is 0 Å². The molecule has 1 aromatic carbocycles. The molecule has 1 aliphatic heterocycles. The van der Waals surface area contributed by atoms with Gasteiger partial charge in [-0.3, -0.25) is 4.99 Å². The quantitative estimate of drug-likeness (QED) is 0.621. The summed E-state index contributed by atoms with van der Waals surface area (Å²) in [6, 6.07) is 15.3. The van der Waals surface area contributed by atoms with Crippen LogP contribution in [0.1, 0.15) is 18.4 Å². The number of nitrogens with zero attached hydrogens (tertiary/aromatic N) is 4. The summed E-state index contributed by atoms with van der Waals surface area (Å²) < 4.78 is 2.18. The second-order valence-corrected chi connectivity index (χ2v) is 7.66. The topological polar surface area (TPSA) is 64.9 Å². The average Bonchev–Trinajstić information content (AvgIpc) is 2.98. The Morgan fingerprint density at radius 3 is 2.46 bits per heavy atom. The summed E-state index contributed by atoms with van der Waals surface area (Å²) in [5.74, 6) is 0. The fourth-order valence-corrected chi connectivity index (χ4v) is 4.48. The highest BCUT2D eigenvalue weighted by atomic mass is 35.5. The van der Waals surface area contributed by atoms with E-state index in [4.69, 9.17) is 4.99 Å². The Morgan fingerprint density at radius 2 is 1.79 bits per heavy atom. The summed E-state index contributed by atoms with van der Waals surface area (Å²) in [7, 11) is 2.09. The lowest BCUT2D eigenvalue weighted by atomic mass is 10.0. The monoisotopic (exact) mass is 442 g/mol. The highest BCUT2D eigenvalue weighted by Crippen LogP contribution is 2.16. The molecular formula is C20H28Cl2N4OS. The van der Waals surface area contributed by atoms with E-state index in [9.17, 15) is 0 Å². The minimum Gasteiger partial charge on any atom is -0.412 e. The molecule has 5 nitrogen and oxygen atoms in total. The first-order valence-corrected chi connectivity index (χ1v) is 9.82. The molecule has 0 bridgehead atoms. The number of halogens is 2. The maximum Gasteiger partial charge on any atom is 0.187 e. The van der Waals surface area contributed by atoms with Gasteiger partial charge in [0.1, 0.15) is 4.83 Å². The van der Waals surface area contributed by atoms with Gasteiger partial charge in [-0.15, -0.1) is 24.8 Å². The normalized spacial score (nSPS) is 15.5. The second kappa shape index (κ2) is 11.5. The molecule has 154 valence electrons. The van der Waals surface area contributed by atoms with Crippen molar-refractivity contribution in [1.29, 1.82) is 0 Å². The number of fused-ring (bicyclic) bond motifs is 1. The van der Waals surface area contributed by atoms with Gasteiger partial charge in [-0.25, -0.2) is 4.98 Å². The Hall–Kier alpha value is -1.44. The second-order valence-electron chi connectivity index (χ2n) is 6.71. The molecule has 4 rings (SSSR count). The lowest BCUT2D eigenvalue weighted by Gasteiger charge is -2.30. The van der Waals surface area contributed by atoms with Gasteiger partial charge in [0.05, 0.1) is 11.6 Å². The molecule has 28 heavy (non-hydrogen) atoms. The SMILES string of the molecule is Cl.Cl.Cn1/c(=N\C2CCN(CCc3ccccc3)CC2)sc2ncccc21.O. The van der Waals surface area contributed by atoms with Gasteiger partial charge in [-0.05, 0) is 37.0 Å². The number of pyridine rings is 1. The summed E-state index contributed by atoms with van der Waals surface area (Å²) in [6.07, 6.45) is 5.29. The molecule has 0 saturated carbocycles. The van der Waals surface area contributed by atoms with Gasteiger partial charge < -0.3 is 14.9 Å². The van der Waals surface area contributed by atoms with Crippen molar-refractivity contribution in [2.45, 2.75) is 25.3 Å². The number of aryl methyl sites for hydroxylation is 1. The van der Waals surface area contributed by atoms with E-state index in [1.807, 2.05) is 12.3 Å². The van der Waals surface area contributed by atoms with Crippen LogP contribution < -0.4 is 4.80 Å². The number of rotatable bonds is 4. The lowest BCUT2D eigenvalue weighted by molar-refractivity contribution is 0.215. The Balaban J connectivity index is 0.00000131.